The summed E-state index contributed by atoms with van der Waals surface area (Å²) in [6.45, 7) is 3.35. The highest BCUT2D eigenvalue weighted by molar-refractivity contribution is 6.07. The van der Waals surface area contributed by atoms with Crippen molar-refractivity contribution in [2.45, 2.75) is 38.8 Å². The Bertz CT molecular complexity index is 702. The van der Waals surface area contributed by atoms with Gasteiger partial charge in [-0.15, -0.1) is 12.4 Å². The van der Waals surface area contributed by atoms with Crippen LogP contribution in [-0.2, 0) is 13.0 Å². The van der Waals surface area contributed by atoms with Crippen LogP contribution in [0.1, 0.15) is 29.7 Å². The van der Waals surface area contributed by atoms with Crippen molar-refractivity contribution >= 4 is 29.0 Å². The maximum Gasteiger partial charge on any atom is 0.0914 e. The van der Waals surface area contributed by atoms with Crippen molar-refractivity contribution < 1.29 is 5.11 Å². The summed E-state index contributed by atoms with van der Waals surface area (Å²) in [5, 5.41) is 11.4. The number of aliphatic imine (C=N–C) groups is 1. The Hall–Kier alpha value is -1.32. The topological polar surface area (TPSA) is 37.5 Å². The summed E-state index contributed by atoms with van der Waals surface area (Å²) in [6.07, 6.45) is 3.00. The maximum atomic E-state index is 10.1. The lowest BCUT2D eigenvalue weighted by atomic mass is 9.93. The van der Waals surface area contributed by atoms with Crippen molar-refractivity contribution in [2.75, 3.05) is 6.54 Å². The van der Waals surface area contributed by atoms with Gasteiger partial charge in [-0.2, -0.15) is 0 Å². The summed E-state index contributed by atoms with van der Waals surface area (Å²) < 4.78 is 2.29. The van der Waals surface area contributed by atoms with E-state index in [2.05, 4.69) is 34.7 Å². The molecule has 1 aliphatic heterocycles. The smallest absolute Gasteiger partial charge is 0.0914 e. The average Bonchev–Trinajstić information content (AvgIpc) is 2.60. The predicted octanol–water partition coefficient (Wildman–Crippen LogP) is 2.87. The molecule has 0 radical (unpaired) electrons. The molecule has 1 aliphatic carbocycles. The fourth-order valence-electron chi connectivity index (χ4n) is 3.50. The van der Waals surface area contributed by atoms with Gasteiger partial charge in [0.15, 0.2) is 0 Å². The van der Waals surface area contributed by atoms with Crippen LogP contribution in [0.15, 0.2) is 23.2 Å². The van der Waals surface area contributed by atoms with E-state index in [0.717, 1.165) is 12.8 Å². The summed E-state index contributed by atoms with van der Waals surface area (Å²) in [7, 11) is 0. The van der Waals surface area contributed by atoms with Crippen molar-refractivity contribution in [1.29, 1.82) is 0 Å². The molecule has 2 aromatic rings. The third kappa shape index (κ3) is 1.88. The second kappa shape index (κ2) is 4.90. The highest BCUT2D eigenvalue weighted by Gasteiger charge is 2.27. The van der Waals surface area contributed by atoms with E-state index in [9.17, 15) is 5.11 Å². The van der Waals surface area contributed by atoms with E-state index in [1.807, 2.05) is 0 Å². The number of aliphatic hydroxyl groups is 1. The number of aryl methyl sites for hydroxylation is 2. The molecular weight excluding hydrogens is 272 g/mol. The van der Waals surface area contributed by atoms with Gasteiger partial charge in [0.1, 0.15) is 0 Å². The van der Waals surface area contributed by atoms with Crippen molar-refractivity contribution in [2.24, 2.45) is 4.99 Å². The van der Waals surface area contributed by atoms with Gasteiger partial charge in [0.2, 0.25) is 0 Å². The van der Waals surface area contributed by atoms with E-state index in [4.69, 9.17) is 0 Å². The number of aliphatic hydroxyl groups excluding tert-OH is 1. The Morgan fingerprint density at radius 3 is 3.00 bits per heavy atom. The molecule has 2 aliphatic rings. The monoisotopic (exact) mass is 290 g/mol. The minimum atomic E-state index is -0.362. The SMILES string of the molecule is Cc1ccc2c(c1)c1c3n2CC(O)CN=C3CCC1.Cl. The van der Waals surface area contributed by atoms with Crippen LogP contribution < -0.4 is 0 Å². The lowest BCUT2D eigenvalue weighted by Gasteiger charge is -2.16. The van der Waals surface area contributed by atoms with Crippen LogP contribution in [0.2, 0.25) is 0 Å². The lowest BCUT2D eigenvalue weighted by Crippen LogP contribution is -2.18. The van der Waals surface area contributed by atoms with Crippen molar-refractivity contribution in [1.82, 2.24) is 4.57 Å². The molecule has 1 atom stereocenters. The number of halogens is 1. The molecule has 1 aromatic carbocycles. The number of hydrogen-bond donors (Lipinski definition) is 1. The third-order valence-corrected chi connectivity index (χ3v) is 4.32. The predicted molar refractivity (Wildman–Crippen MR) is 84.3 cm³/mol. The first-order valence-corrected chi connectivity index (χ1v) is 7.07. The fraction of sp³-hybridized carbons (Fsp3) is 0.438. The Morgan fingerprint density at radius 2 is 2.15 bits per heavy atom. The molecule has 0 spiro atoms. The van der Waals surface area contributed by atoms with Gasteiger partial charge in [0, 0.05) is 10.9 Å². The Balaban J connectivity index is 0.00000121. The van der Waals surface area contributed by atoms with Crippen LogP contribution in [0, 0.1) is 6.92 Å². The van der Waals surface area contributed by atoms with Crippen molar-refractivity contribution in [3.8, 4) is 0 Å². The number of benzene rings is 1. The van der Waals surface area contributed by atoms with Crippen LogP contribution in [0.3, 0.4) is 0 Å². The normalized spacial score (nSPS) is 20.9. The Kier molecular flexibility index (Phi) is 3.35. The van der Waals surface area contributed by atoms with Crippen LogP contribution in [0.5, 0.6) is 0 Å². The highest BCUT2D eigenvalue weighted by Crippen LogP contribution is 2.34. The molecule has 0 fully saturated rings. The van der Waals surface area contributed by atoms with Gasteiger partial charge in [0.05, 0.1) is 30.6 Å². The van der Waals surface area contributed by atoms with Gasteiger partial charge in [-0.25, -0.2) is 0 Å². The molecule has 0 bridgehead atoms. The van der Waals surface area contributed by atoms with Gasteiger partial charge in [-0.05, 0) is 43.9 Å². The van der Waals surface area contributed by atoms with E-state index in [-0.39, 0.29) is 18.5 Å². The van der Waals surface area contributed by atoms with E-state index in [1.54, 1.807) is 0 Å². The zero-order valence-electron chi connectivity index (χ0n) is 11.6. The summed E-state index contributed by atoms with van der Waals surface area (Å²) in [4.78, 5) is 4.64. The van der Waals surface area contributed by atoms with Gasteiger partial charge in [-0.1, -0.05) is 11.6 Å². The summed E-state index contributed by atoms with van der Waals surface area (Å²) in [5.74, 6) is 0. The van der Waals surface area contributed by atoms with Crippen molar-refractivity contribution in [3.63, 3.8) is 0 Å². The molecule has 4 rings (SSSR count). The molecule has 1 unspecified atom stereocenters. The van der Waals surface area contributed by atoms with Crippen LogP contribution >= 0.6 is 12.4 Å². The zero-order valence-corrected chi connectivity index (χ0v) is 12.4. The number of nitrogens with zero attached hydrogens (tertiary/aromatic N) is 2. The standard InChI is InChI=1S/C16H18N2O.ClH/c1-10-5-6-15-13(7-10)12-3-2-4-14-16(12)18(15)9-11(19)8-17-14;/h5-7,11,19H,2-4,8-9H2,1H3;1H. The Morgan fingerprint density at radius 1 is 1.30 bits per heavy atom. The zero-order chi connectivity index (χ0) is 13.0. The molecule has 0 saturated heterocycles. The van der Waals surface area contributed by atoms with E-state index < -0.39 is 0 Å². The molecule has 3 nitrogen and oxygen atoms in total. The molecule has 0 amide bonds. The van der Waals surface area contributed by atoms with Gasteiger partial charge >= 0.3 is 0 Å². The molecule has 4 heteroatoms. The second-order valence-electron chi connectivity index (χ2n) is 5.75. The average molecular weight is 291 g/mol. The molecule has 1 aromatic heterocycles. The molecule has 1 N–H and O–H groups in total. The molecule has 106 valence electrons. The second-order valence-corrected chi connectivity index (χ2v) is 5.75. The molecule has 0 saturated carbocycles. The minimum absolute atomic E-state index is 0. The van der Waals surface area contributed by atoms with E-state index in [0.29, 0.717) is 13.1 Å². The first kappa shape index (κ1) is 13.7. The van der Waals surface area contributed by atoms with Crippen LogP contribution in [0.4, 0.5) is 0 Å². The highest BCUT2D eigenvalue weighted by atomic mass is 35.5. The fourth-order valence-corrected chi connectivity index (χ4v) is 3.50. The molecule has 20 heavy (non-hydrogen) atoms. The van der Waals surface area contributed by atoms with Gasteiger partial charge < -0.3 is 9.67 Å². The number of fused-ring (bicyclic) bond motifs is 3. The first-order chi connectivity index (χ1) is 9.24. The first-order valence-electron chi connectivity index (χ1n) is 7.07. The van der Waals surface area contributed by atoms with Gasteiger partial charge in [-0.3, -0.25) is 4.99 Å². The van der Waals surface area contributed by atoms with Crippen LogP contribution in [-0.4, -0.2) is 28.0 Å². The minimum Gasteiger partial charge on any atom is -0.389 e. The number of aromatic nitrogens is 1. The molecular formula is C16H19ClN2O. The maximum absolute atomic E-state index is 10.1. The van der Waals surface area contributed by atoms with Crippen molar-refractivity contribution in [3.05, 3.63) is 35.0 Å². The van der Waals surface area contributed by atoms with Gasteiger partial charge in [0.25, 0.3) is 0 Å². The van der Waals surface area contributed by atoms with E-state index >= 15 is 0 Å². The summed E-state index contributed by atoms with van der Waals surface area (Å²) in [5.41, 5.74) is 6.49. The Labute approximate surface area is 124 Å². The quantitative estimate of drug-likeness (QED) is 0.796. The lowest BCUT2D eigenvalue weighted by molar-refractivity contribution is 0.166. The number of rotatable bonds is 0. The third-order valence-electron chi connectivity index (χ3n) is 4.32. The summed E-state index contributed by atoms with van der Waals surface area (Å²) >= 11 is 0. The van der Waals surface area contributed by atoms with Crippen LogP contribution in [0.25, 0.3) is 10.9 Å². The molecule has 2 heterocycles. The summed E-state index contributed by atoms with van der Waals surface area (Å²) in [6, 6.07) is 6.63. The number of hydrogen-bond acceptors (Lipinski definition) is 2. The van der Waals surface area contributed by atoms with E-state index in [1.165, 1.54) is 39.9 Å². The largest absolute Gasteiger partial charge is 0.389 e.